The fraction of sp³-hybridized carbons (Fsp3) is 0.263. The minimum Gasteiger partial charge on any atom is -0.455 e. The molecule has 7 nitrogen and oxygen atoms in total. The van der Waals surface area contributed by atoms with E-state index in [0.717, 1.165) is 0 Å². The summed E-state index contributed by atoms with van der Waals surface area (Å²) >= 11 is 0. The van der Waals surface area contributed by atoms with Crippen LogP contribution in [0.15, 0.2) is 41.1 Å². The van der Waals surface area contributed by atoms with Gasteiger partial charge in [0.1, 0.15) is 11.8 Å². The van der Waals surface area contributed by atoms with Gasteiger partial charge in [0.2, 0.25) is 18.0 Å². The largest absolute Gasteiger partial charge is 0.471 e. The number of aromatic nitrogens is 3. The minimum atomic E-state index is -4.70. The van der Waals surface area contributed by atoms with Crippen LogP contribution in [0.4, 0.5) is 13.2 Å². The van der Waals surface area contributed by atoms with Crippen molar-refractivity contribution in [3.63, 3.8) is 0 Å². The van der Waals surface area contributed by atoms with Crippen molar-refractivity contribution in [3.8, 4) is 29.1 Å². The Balaban J connectivity index is 1.73. The lowest BCUT2D eigenvalue weighted by Crippen LogP contribution is -2.23. The molecule has 10 heteroatoms. The molecule has 2 heterocycles. The lowest BCUT2D eigenvalue weighted by Gasteiger charge is -2.19. The number of halogens is 3. The molecule has 0 fully saturated rings. The van der Waals surface area contributed by atoms with Gasteiger partial charge in [-0.05, 0) is 36.8 Å². The van der Waals surface area contributed by atoms with E-state index in [1.807, 2.05) is 13.0 Å². The maximum Gasteiger partial charge on any atom is 0.471 e. The predicted octanol–water partition coefficient (Wildman–Crippen LogP) is 4.52. The van der Waals surface area contributed by atoms with E-state index in [4.69, 9.17) is 14.7 Å². The third-order valence-corrected chi connectivity index (χ3v) is 3.83. The average Bonchev–Trinajstić information content (AvgIpc) is 3.18. The van der Waals surface area contributed by atoms with E-state index in [1.54, 1.807) is 37.3 Å². The molecule has 0 saturated heterocycles. The molecular formula is C19H15F3N4O3. The molecule has 1 atom stereocenters. The number of alkyl halides is 3. The van der Waals surface area contributed by atoms with Crippen molar-refractivity contribution in [2.45, 2.75) is 32.7 Å². The van der Waals surface area contributed by atoms with Gasteiger partial charge in [-0.25, -0.2) is 4.98 Å². The van der Waals surface area contributed by atoms with Gasteiger partial charge in [-0.2, -0.15) is 23.4 Å². The van der Waals surface area contributed by atoms with Crippen LogP contribution in [0.3, 0.4) is 0 Å². The van der Waals surface area contributed by atoms with Gasteiger partial charge in [-0.15, -0.1) is 0 Å². The third kappa shape index (κ3) is 4.82. The zero-order valence-corrected chi connectivity index (χ0v) is 15.4. The molecule has 0 aliphatic rings. The molecule has 3 rings (SSSR count). The number of hydrogen-bond donors (Lipinski definition) is 0. The Morgan fingerprint density at radius 2 is 2.00 bits per heavy atom. The highest BCUT2D eigenvalue weighted by atomic mass is 19.4. The Labute approximate surface area is 163 Å². The fourth-order valence-corrected chi connectivity index (χ4v) is 2.40. The molecule has 1 aromatic carbocycles. The Hall–Kier alpha value is -3.61. The number of nitriles is 1. The van der Waals surface area contributed by atoms with Crippen molar-refractivity contribution in [2.24, 2.45) is 0 Å². The molecule has 150 valence electrons. The molecule has 3 aromatic rings. The van der Waals surface area contributed by atoms with Gasteiger partial charge in [0.05, 0.1) is 5.56 Å². The first kappa shape index (κ1) is 20.1. The topological polar surface area (TPSA) is 94.1 Å². The lowest BCUT2D eigenvalue weighted by atomic mass is 10.1. The zero-order chi connectivity index (χ0) is 21.0. The van der Waals surface area contributed by atoms with Crippen molar-refractivity contribution in [2.75, 3.05) is 0 Å². The molecule has 0 amide bonds. The summed E-state index contributed by atoms with van der Waals surface area (Å²) in [5.41, 5.74) is 1.40. The lowest BCUT2D eigenvalue weighted by molar-refractivity contribution is -0.159. The highest BCUT2D eigenvalue weighted by Gasteiger charge is 2.38. The molecule has 2 aromatic heterocycles. The van der Waals surface area contributed by atoms with E-state index in [9.17, 15) is 13.2 Å². The number of benzene rings is 1. The Kier molecular flexibility index (Phi) is 5.68. The van der Waals surface area contributed by atoms with E-state index >= 15 is 0 Å². The van der Waals surface area contributed by atoms with E-state index < -0.39 is 18.4 Å². The third-order valence-electron chi connectivity index (χ3n) is 3.83. The summed E-state index contributed by atoms with van der Waals surface area (Å²) in [5, 5.41) is 12.2. The Morgan fingerprint density at radius 3 is 2.55 bits per heavy atom. The van der Waals surface area contributed by atoms with Crippen LogP contribution in [0.2, 0.25) is 0 Å². The van der Waals surface area contributed by atoms with Crippen molar-refractivity contribution in [1.29, 1.82) is 5.26 Å². The molecule has 0 saturated carbocycles. The first-order valence-electron chi connectivity index (χ1n) is 8.51. The standard InChI is InChI=1S/C19H15F3N4O3/c1-3-16(28-15-7-4-12(9-23)10-24-15)27-13-5-6-14(11(2)8-13)17-25-18(29-26-17)19(20,21)22/h4-8,10,16H,3H2,1-2H3. The molecule has 0 N–H and O–H groups in total. The maximum atomic E-state index is 12.6. The second-order valence-electron chi connectivity index (χ2n) is 5.97. The van der Waals surface area contributed by atoms with Gasteiger partial charge in [-0.1, -0.05) is 12.1 Å². The molecule has 29 heavy (non-hydrogen) atoms. The van der Waals surface area contributed by atoms with Crippen LogP contribution >= 0.6 is 0 Å². The predicted molar refractivity (Wildman–Crippen MR) is 93.8 cm³/mol. The summed E-state index contributed by atoms with van der Waals surface area (Å²) in [6, 6.07) is 9.86. The number of nitrogens with zero attached hydrogens (tertiary/aromatic N) is 4. The van der Waals surface area contributed by atoms with Crippen LogP contribution in [-0.4, -0.2) is 21.4 Å². The second-order valence-corrected chi connectivity index (χ2v) is 5.97. The van der Waals surface area contributed by atoms with Crippen LogP contribution in [0.5, 0.6) is 11.6 Å². The van der Waals surface area contributed by atoms with Crippen molar-refractivity contribution < 1.29 is 27.2 Å². The summed E-state index contributed by atoms with van der Waals surface area (Å²) in [6.45, 7) is 3.54. The molecule has 1 unspecified atom stereocenters. The average molecular weight is 404 g/mol. The monoisotopic (exact) mass is 404 g/mol. The summed E-state index contributed by atoms with van der Waals surface area (Å²) in [4.78, 5) is 7.42. The van der Waals surface area contributed by atoms with Gasteiger partial charge in [0.25, 0.3) is 0 Å². The highest BCUT2D eigenvalue weighted by Crippen LogP contribution is 2.31. The van der Waals surface area contributed by atoms with E-state index in [0.29, 0.717) is 34.7 Å². The molecule has 0 aliphatic heterocycles. The van der Waals surface area contributed by atoms with Crippen molar-refractivity contribution in [1.82, 2.24) is 15.1 Å². The van der Waals surface area contributed by atoms with Gasteiger partial charge < -0.3 is 14.0 Å². The molecule has 0 bridgehead atoms. The summed E-state index contributed by atoms with van der Waals surface area (Å²) in [7, 11) is 0. The normalized spacial score (nSPS) is 12.3. The quantitative estimate of drug-likeness (QED) is 0.557. The summed E-state index contributed by atoms with van der Waals surface area (Å²) < 4.78 is 53.6. The maximum absolute atomic E-state index is 12.6. The molecule has 0 radical (unpaired) electrons. The zero-order valence-electron chi connectivity index (χ0n) is 15.4. The molecule has 0 spiro atoms. The number of rotatable bonds is 6. The number of pyridine rings is 1. The first-order valence-corrected chi connectivity index (χ1v) is 8.51. The van der Waals surface area contributed by atoms with Crippen molar-refractivity contribution in [3.05, 3.63) is 53.5 Å². The van der Waals surface area contributed by atoms with E-state index in [2.05, 4.69) is 19.6 Å². The van der Waals surface area contributed by atoms with Gasteiger partial charge in [0, 0.05) is 24.2 Å². The van der Waals surface area contributed by atoms with Crippen LogP contribution in [0, 0.1) is 18.3 Å². The van der Waals surface area contributed by atoms with Gasteiger partial charge in [-0.3, -0.25) is 0 Å². The van der Waals surface area contributed by atoms with Gasteiger partial charge in [0.15, 0.2) is 0 Å². The molecule has 0 aliphatic carbocycles. The second kappa shape index (κ2) is 8.18. The fourth-order valence-electron chi connectivity index (χ4n) is 2.40. The Morgan fingerprint density at radius 1 is 1.21 bits per heavy atom. The van der Waals surface area contributed by atoms with Crippen LogP contribution < -0.4 is 9.47 Å². The smallest absolute Gasteiger partial charge is 0.455 e. The van der Waals surface area contributed by atoms with Crippen LogP contribution in [0.1, 0.15) is 30.4 Å². The number of ether oxygens (including phenoxy) is 2. The minimum absolute atomic E-state index is 0.161. The summed E-state index contributed by atoms with van der Waals surface area (Å²) in [6.07, 6.45) is -3.46. The molecular weight excluding hydrogens is 389 g/mol. The van der Waals surface area contributed by atoms with Gasteiger partial charge >= 0.3 is 12.1 Å². The SMILES string of the molecule is CCC(Oc1ccc(-c2noc(C(F)(F)F)n2)c(C)c1)Oc1ccc(C#N)cn1. The number of aryl methyl sites for hydroxylation is 1. The first-order chi connectivity index (χ1) is 13.8. The van der Waals surface area contributed by atoms with E-state index in [-0.39, 0.29) is 5.82 Å². The summed E-state index contributed by atoms with van der Waals surface area (Å²) in [5.74, 6) is -0.810. The van der Waals surface area contributed by atoms with Crippen LogP contribution in [-0.2, 0) is 6.18 Å². The van der Waals surface area contributed by atoms with Crippen molar-refractivity contribution >= 4 is 0 Å². The van der Waals surface area contributed by atoms with Crippen LogP contribution in [0.25, 0.3) is 11.4 Å². The van der Waals surface area contributed by atoms with E-state index in [1.165, 1.54) is 6.20 Å². The number of hydrogen-bond acceptors (Lipinski definition) is 7. The highest BCUT2D eigenvalue weighted by molar-refractivity contribution is 5.61. The Bertz CT molecular complexity index is 1030.